The van der Waals surface area contributed by atoms with Crippen LogP contribution in [0.3, 0.4) is 0 Å². The van der Waals surface area contributed by atoms with Crippen molar-refractivity contribution < 1.29 is 9.53 Å². The third-order valence-electron chi connectivity index (χ3n) is 5.12. The predicted molar refractivity (Wildman–Crippen MR) is 122 cm³/mol. The Morgan fingerprint density at radius 2 is 1.63 bits per heavy atom. The second kappa shape index (κ2) is 8.37. The number of fused-ring (bicyclic) bond motifs is 1. The van der Waals surface area contributed by atoms with Crippen molar-refractivity contribution in [3.8, 4) is 17.0 Å². The van der Waals surface area contributed by atoms with E-state index in [1.165, 1.54) is 5.56 Å². The number of benzene rings is 3. The number of aromatic nitrogens is 1. The summed E-state index contributed by atoms with van der Waals surface area (Å²) in [6.07, 6.45) is 0. The van der Waals surface area contributed by atoms with Crippen LogP contribution >= 0.6 is 0 Å². The standard InChI is InChI=1S/C26H24N2O2/c1-4-30-23-12-8-7-11-22(23)28-26(29)24-18(3)25(19-15-13-17(2)14-16-19)27-21-10-6-5-9-20(21)24/h5-16H,4H2,1-3H3,(H,28,29). The summed E-state index contributed by atoms with van der Waals surface area (Å²) in [5, 5.41) is 3.87. The Bertz CT molecular complexity index is 1210. The number of ether oxygens (including phenoxy) is 1. The summed E-state index contributed by atoms with van der Waals surface area (Å²) in [4.78, 5) is 18.3. The number of carbonyl (C=O) groups is 1. The lowest BCUT2D eigenvalue weighted by atomic mass is 9.96. The van der Waals surface area contributed by atoms with E-state index in [4.69, 9.17) is 9.72 Å². The lowest BCUT2D eigenvalue weighted by Crippen LogP contribution is -2.16. The first-order valence-electron chi connectivity index (χ1n) is 10.1. The number of rotatable bonds is 5. The number of nitrogens with one attached hydrogen (secondary N) is 1. The highest BCUT2D eigenvalue weighted by Crippen LogP contribution is 2.31. The van der Waals surface area contributed by atoms with Crippen LogP contribution in [-0.4, -0.2) is 17.5 Å². The van der Waals surface area contributed by atoms with Gasteiger partial charge in [-0.15, -0.1) is 0 Å². The Kier molecular flexibility index (Phi) is 5.48. The third-order valence-corrected chi connectivity index (χ3v) is 5.12. The average Bonchev–Trinajstić information content (AvgIpc) is 2.75. The van der Waals surface area contributed by atoms with E-state index in [1.807, 2.05) is 74.5 Å². The van der Waals surface area contributed by atoms with Gasteiger partial charge in [-0.3, -0.25) is 4.79 Å². The molecule has 0 bridgehead atoms. The molecule has 0 saturated carbocycles. The minimum Gasteiger partial charge on any atom is -0.492 e. The van der Waals surface area contributed by atoms with Crippen molar-refractivity contribution in [2.45, 2.75) is 20.8 Å². The molecule has 4 aromatic rings. The highest BCUT2D eigenvalue weighted by Gasteiger charge is 2.20. The van der Waals surface area contributed by atoms with Gasteiger partial charge in [-0.2, -0.15) is 0 Å². The number of amides is 1. The number of para-hydroxylation sites is 3. The van der Waals surface area contributed by atoms with Crippen molar-refractivity contribution in [3.05, 3.63) is 89.5 Å². The predicted octanol–water partition coefficient (Wildman–Crippen LogP) is 6.17. The van der Waals surface area contributed by atoms with Crippen LogP contribution in [0, 0.1) is 13.8 Å². The van der Waals surface area contributed by atoms with Gasteiger partial charge in [0.05, 0.1) is 29.1 Å². The Morgan fingerprint density at radius 1 is 0.933 bits per heavy atom. The maximum atomic E-state index is 13.4. The van der Waals surface area contributed by atoms with Gasteiger partial charge in [-0.25, -0.2) is 4.98 Å². The first-order chi connectivity index (χ1) is 14.6. The van der Waals surface area contributed by atoms with Crippen LogP contribution in [-0.2, 0) is 0 Å². The Balaban J connectivity index is 1.84. The van der Waals surface area contributed by atoms with Crippen LogP contribution in [0.1, 0.15) is 28.4 Å². The van der Waals surface area contributed by atoms with Gasteiger partial charge in [-0.1, -0.05) is 60.2 Å². The van der Waals surface area contributed by atoms with E-state index in [9.17, 15) is 4.79 Å². The molecule has 1 aromatic heterocycles. The average molecular weight is 396 g/mol. The molecule has 0 radical (unpaired) electrons. The van der Waals surface area contributed by atoms with E-state index >= 15 is 0 Å². The fourth-order valence-electron chi connectivity index (χ4n) is 3.63. The summed E-state index contributed by atoms with van der Waals surface area (Å²) in [5.41, 5.74) is 5.92. The van der Waals surface area contributed by atoms with E-state index in [2.05, 4.69) is 24.4 Å². The van der Waals surface area contributed by atoms with Crippen molar-refractivity contribution in [1.82, 2.24) is 4.98 Å². The topological polar surface area (TPSA) is 51.2 Å². The van der Waals surface area contributed by atoms with E-state index in [0.717, 1.165) is 27.7 Å². The second-order valence-corrected chi connectivity index (χ2v) is 7.23. The number of hydrogen-bond acceptors (Lipinski definition) is 3. The number of aryl methyl sites for hydroxylation is 1. The highest BCUT2D eigenvalue weighted by molar-refractivity contribution is 6.14. The number of carbonyl (C=O) groups excluding carboxylic acids is 1. The quantitative estimate of drug-likeness (QED) is 0.439. The van der Waals surface area contributed by atoms with Gasteiger partial charge in [-0.05, 0) is 44.5 Å². The molecule has 0 unspecified atom stereocenters. The number of nitrogens with zero attached hydrogens (tertiary/aromatic N) is 1. The summed E-state index contributed by atoms with van der Waals surface area (Å²) in [5.74, 6) is 0.481. The van der Waals surface area contributed by atoms with Crippen LogP contribution in [0.5, 0.6) is 5.75 Å². The first-order valence-corrected chi connectivity index (χ1v) is 10.1. The molecule has 150 valence electrons. The highest BCUT2D eigenvalue weighted by atomic mass is 16.5. The number of pyridine rings is 1. The molecule has 0 aliphatic carbocycles. The van der Waals surface area contributed by atoms with E-state index in [1.54, 1.807) is 0 Å². The SMILES string of the molecule is CCOc1ccccc1NC(=O)c1c(C)c(-c2ccc(C)cc2)nc2ccccc12. The van der Waals surface area contributed by atoms with E-state index < -0.39 is 0 Å². The van der Waals surface area contributed by atoms with Crippen molar-refractivity contribution in [2.24, 2.45) is 0 Å². The van der Waals surface area contributed by atoms with Crippen molar-refractivity contribution in [2.75, 3.05) is 11.9 Å². The molecule has 1 N–H and O–H groups in total. The van der Waals surface area contributed by atoms with E-state index in [-0.39, 0.29) is 5.91 Å². The molecule has 0 aliphatic rings. The molecule has 0 aliphatic heterocycles. The van der Waals surface area contributed by atoms with Crippen molar-refractivity contribution in [3.63, 3.8) is 0 Å². The summed E-state index contributed by atoms with van der Waals surface area (Å²) in [6, 6.07) is 23.4. The first kappa shape index (κ1) is 19.6. The molecular formula is C26H24N2O2. The van der Waals surface area contributed by atoms with Gasteiger partial charge in [0.1, 0.15) is 5.75 Å². The van der Waals surface area contributed by atoms with E-state index in [0.29, 0.717) is 23.6 Å². The number of anilines is 1. The summed E-state index contributed by atoms with van der Waals surface area (Å²) in [6.45, 7) is 6.46. The normalized spacial score (nSPS) is 10.8. The fraction of sp³-hybridized carbons (Fsp3) is 0.154. The van der Waals surface area contributed by atoms with Crippen LogP contribution in [0.25, 0.3) is 22.2 Å². The van der Waals surface area contributed by atoms with Crippen LogP contribution in [0.2, 0.25) is 0 Å². The Hall–Kier alpha value is -3.66. The summed E-state index contributed by atoms with van der Waals surface area (Å²) >= 11 is 0. The maximum absolute atomic E-state index is 13.4. The van der Waals surface area contributed by atoms with Crippen LogP contribution in [0.4, 0.5) is 5.69 Å². The summed E-state index contributed by atoms with van der Waals surface area (Å²) < 4.78 is 5.67. The molecule has 0 spiro atoms. The lowest BCUT2D eigenvalue weighted by molar-refractivity contribution is 0.102. The van der Waals surface area contributed by atoms with Gasteiger partial charge in [0.2, 0.25) is 0 Å². The van der Waals surface area contributed by atoms with Crippen molar-refractivity contribution >= 4 is 22.5 Å². The monoisotopic (exact) mass is 396 g/mol. The van der Waals surface area contributed by atoms with Crippen LogP contribution < -0.4 is 10.1 Å². The van der Waals surface area contributed by atoms with Gasteiger partial charge in [0.25, 0.3) is 5.91 Å². The molecule has 0 atom stereocenters. The minimum atomic E-state index is -0.174. The molecule has 0 fully saturated rings. The minimum absolute atomic E-state index is 0.174. The second-order valence-electron chi connectivity index (χ2n) is 7.23. The summed E-state index contributed by atoms with van der Waals surface area (Å²) in [7, 11) is 0. The van der Waals surface area contributed by atoms with Gasteiger partial charge in [0.15, 0.2) is 0 Å². The Morgan fingerprint density at radius 3 is 2.40 bits per heavy atom. The van der Waals surface area contributed by atoms with Crippen molar-refractivity contribution in [1.29, 1.82) is 0 Å². The molecule has 4 rings (SSSR count). The lowest BCUT2D eigenvalue weighted by Gasteiger charge is -2.16. The molecule has 1 amide bonds. The zero-order chi connectivity index (χ0) is 21.1. The van der Waals surface area contributed by atoms with Crippen LogP contribution in [0.15, 0.2) is 72.8 Å². The smallest absolute Gasteiger partial charge is 0.256 e. The molecule has 1 heterocycles. The van der Waals surface area contributed by atoms with Gasteiger partial charge in [0, 0.05) is 10.9 Å². The molecule has 4 heteroatoms. The molecule has 4 nitrogen and oxygen atoms in total. The third kappa shape index (κ3) is 3.77. The fourth-order valence-corrected chi connectivity index (χ4v) is 3.63. The Labute approximate surface area is 176 Å². The maximum Gasteiger partial charge on any atom is 0.256 e. The zero-order valence-corrected chi connectivity index (χ0v) is 17.4. The van der Waals surface area contributed by atoms with Gasteiger partial charge >= 0.3 is 0 Å². The number of hydrogen-bond donors (Lipinski definition) is 1. The molecule has 0 saturated heterocycles. The molecule has 3 aromatic carbocycles. The molecule has 30 heavy (non-hydrogen) atoms. The van der Waals surface area contributed by atoms with Gasteiger partial charge < -0.3 is 10.1 Å². The zero-order valence-electron chi connectivity index (χ0n) is 17.4. The largest absolute Gasteiger partial charge is 0.492 e. The molecular weight excluding hydrogens is 372 g/mol.